The van der Waals surface area contributed by atoms with Crippen molar-refractivity contribution < 1.29 is 9.59 Å². The Hall–Kier alpha value is -1.44. The molecule has 1 aromatic carbocycles. The Morgan fingerprint density at radius 2 is 2.23 bits per heavy atom. The monoisotopic (exact) mass is 174 g/mol. The second kappa shape index (κ2) is 2.80. The molecule has 2 nitrogen and oxygen atoms in total. The molecule has 66 valence electrons. The first-order valence-electron chi connectivity index (χ1n) is 4.31. The van der Waals surface area contributed by atoms with Crippen LogP contribution in [-0.4, -0.2) is 12.1 Å². The molecule has 0 radical (unpaired) electrons. The number of ketones is 1. The van der Waals surface area contributed by atoms with Crippen molar-refractivity contribution in [1.82, 2.24) is 0 Å². The van der Waals surface area contributed by atoms with Gasteiger partial charge in [0.2, 0.25) is 0 Å². The van der Waals surface area contributed by atoms with E-state index >= 15 is 0 Å². The first kappa shape index (κ1) is 8.17. The first-order valence-corrected chi connectivity index (χ1v) is 4.31. The van der Waals surface area contributed by atoms with Gasteiger partial charge >= 0.3 is 0 Å². The van der Waals surface area contributed by atoms with Crippen LogP contribution in [0.3, 0.4) is 0 Å². The normalized spacial score (nSPS) is 20.1. The molecule has 0 fully saturated rings. The van der Waals surface area contributed by atoms with Gasteiger partial charge in [-0.1, -0.05) is 17.7 Å². The van der Waals surface area contributed by atoms with Crippen molar-refractivity contribution in [3.63, 3.8) is 0 Å². The average Bonchev–Trinajstić information content (AvgIpc) is 2.44. The smallest absolute Gasteiger partial charge is 0.173 e. The van der Waals surface area contributed by atoms with Crippen LogP contribution in [-0.2, 0) is 11.2 Å². The molecule has 1 atom stereocenters. The molecule has 0 amide bonds. The summed E-state index contributed by atoms with van der Waals surface area (Å²) in [6, 6.07) is 5.77. The Bertz CT molecular complexity index is 380. The van der Waals surface area contributed by atoms with E-state index in [0.717, 1.165) is 23.0 Å². The van der Waals surface area contributed by atoms with Crippen LogP contribution >= 0.6 is 0 Å². The number of rotatable bonds is 1. The van der Waals surface area contributed by atoms with E-state index in [1.807, 2.05) is 25.1 Å². The number of carbonyl (C=O) groups is 2. The Labute approximate surface area is 76.6 Å². The number of Topliss-reactive ketones (excluding diaryl/α,β-unsaturated/α-hetero) is 1. The van der Waals surface area contributed by atoms with Gasteiger partial charge in [-0.25, -0.2) is 0 Å². The van der Waals surface area contributed by atoms with Gasteiger partial charge in [0.05, 0.1) is 5.92 Å². The molecule has 0 bridgehead atoms. The molecule has 0 spiro atoms. The summed E-state index contributed by atoms with van der Waals surface area (Å²) in [6.07, 6.45) is 1.33. The number of aldehydes is 1. The van der Waals surface area contributed by atoms with Crippen LogP contribution in [0.15, 0.2) is 18.2 Å². The summed E-state index contributed by atoms with van der Waals surface area (Å²) in [7, 11) is 0. The van der Waals surface area contributed by atoms with Crippen molar-refractivity contribution in [1.29, 1.82) is 0 Å². The molecule has 13 heavy (non-hydrogen) atoms. The minimum atomic E-state index is -0.434. The lowest BCUT2D eigenvalue weighted by atomic mass is 10.1. The van der Waals surface area contributed by atoms with Crippen LogP contribution in [0.2, 0.25) is 0 Å². The molecule has 0 saturated carbocycles. The summed E-state index contributed by atoms with van der Waals surface area (Å²) in [4.78, 5) is 22.1. The minimum absolute atomic E-state index is 0.0197. The van der Waals surface area contributed by atoms with Crippen LogP contribution in [0, 0.1) is 12.8 Å². The maximum absolute atomic E-state index is 11.5. The van der Waals surface area contributed by atoms with Gasteiger partial charge in [-0.2, -0.15) is 0 Å². The number of fused-ring (bicyclic) bond motifs is 1. The highest BCUT2D eigenvalue weighted by Crippen LogP contribution is 2.26. The third-order valence-corrected chi connectivity index (χ3v) is 2.47. The highest BCUT2D eigenvalue weighted by Gasteiger charge is 2.29. The second-order valence-electron chi connectivity index (χ2n) is 3.47. The van der Waals surface area contributed by atoms with E-state index in [4.69, 9.17) is 0 Å². The molecule has 1 aromatic rings. The molecular formula is C11H10O2. The Morgan fingerprint density at radius 3 is 2.92 bits per heavy atom. The largest absolute Gasteiger partial charge is 0.303 e. The van der Waals surface area contributed by atoms with Crippen molar-refractivity contribution >= 4 is 12.1 Å². The summed E-state index contributed by atoms with van der Waals surface area (Å²) in [6.45, 7) is 1.95. The van der Waals surface area contributed by atoms with Gasteiger partial charge in [0.15, 0.2) is 5.78 Å². The van der Waals surface area contributed by atoms with Gasteiger partial charge in [-0.15, -0.1) is 0 Å². The maximum Gasteiger partial charge on any atom is 0.173 e. The Morgan fingerprint density at radius 1 is 1.46 bits per heavy atom. The van der Waals surface area contributed by atoms with Gasteiger partial charge in [-0.3, -0.25) is 4.79 Å². The predicted octanol–water partition coefficient (Wildman–Crippen LogP) is 1.55. The maximum atomic E-state index is 11.5. The first-order chi connectivity index (χ1) is 6.22. The molecule has 1 aliphatic rings. The van der Waals surface area contributed by atoms with Gasteiger partial charge < -0.3 is 4.79 Å². The topological polar surface area (TPSA) is 34.1 Å². The van der Waals surface area contributed by atoms with Gasteiger partial charge in [0.1, 0.15) is 6.29 Å². The van der Waals surface area contributed by atoms with Crippen molar-refractivity contribution in [2.75, 3.05) is 0 Å². The molecule has 1 unspecified atom stereocenters. The fourth-order valence-corrected chi connectivity index (χ4v) is 1.74. The van der Waals surface area contributed by atoms with Gasteiger partial charge in [-0.05, 0) is 25.0 Å². The summed E-state index contributed by atoms with van der Waals surface area (Å²) in [5.41, 5.74) is 2.81. The van der Waals surface area contributed by atoms with Crippen molar-refractivity contribution in [2.45, 2.75) is 13.3 Å². The molecule has 0 aromatic heterocycles. The molecular weight excluding hydrogens is 164 g/mol. The van der Waals surface area contributed by atoms with Crippen molar-refractivity contribution in [3.8, 4) is 0 Å². The molecule has 0 aliphatic heterocycles. The minimum Gasteiger partial charge on any atom is -0.303 e. The lowest BCUT2D eigenvalue weighted by Gasteiger charge is -1.97. The van der Waals surface area contributed by atoms with Crippen LogP contribution in [0.5, 0.6) is 0 Å². The van der Waals surface area contributed by atoms with Crippen LogP contribution < -0.4 is 0 Å². The fraction of sp³-hybridized carbons (Fsp3) is 0.273. The number of benzene rings is 1. The zero-order valence-corrected chi connectivity index (χ0v) is 7.41. The Balaban J connectivity index is 2.50. The number of hydrogen-bond donors (Lipinski definition) is 0. The van der Waals surface area contributed by atoms with E-state index in [0.29, 0.717) is 6.42 Å². The molecule has 1 aliphatic carbocycles. The highest BCUT2D eigenvalue weighted by atomic mass is 16.1. The van der Waals surface area contributed by atoms with Crippen molar-refractivity contribution in [3.05, 3.63) is 34.9 Å². The number of carbonyl (C=O) groups excluding carboxylic acids is 2. The quantitative estimate of drug-likeness (QED) is 0.478. The lowest BCUT2D eigenvalue weighted by molar-refractivity contribution is -0.109. The van der Waals surface area contributed by atoms with Crippen molar-refractivity contribution in [2.24, 2.45) is 5.92 Å². The third-order valence-electron chi connectivity index (χ3n) is 2.47. The summed E-state index contributed by atoms with van der Waals surface area (Å²) in [5, 5.41) is 0. The van der Waals surface area contributed by atoms with E-state index in [-0.39, 0.29) is 5.78 Å². The predicted molar refractivity (Wildman–Crippen MR) is 48.8 cm³/mol. The third kappa shape index (κ3) is 1.18. The van der Waals surface area contributed by atoms with Crippen LogP contribution in [0.4, 0.5) is 0 Å². The SMILES string of the molecule is Cc1ccc2c(c1)C(=O)C(C=O)C2. The average molecular weight is 174 g/mol. The van der Waals surface area contributed by atoms with Gasteiger partial charge in [0.25, 0.3) is 0 Å². The van der Waals surface area contributed by atoms with E-state index in [9.17, 15) is 9.59 Å². The molecule has 2 heteroatoms. The number of hydrogen-bond acceptors (Lipinski definition) is 2. The summed E-state index contributed by atoms with van der Waals surface area (Å²) in [5.74, 6) is -0.453. The zero-order chi connectivity index (χ0) is 9.42. The van der Waals surface area contributed by atoms with E-state index in [1.54, 1.807) is 0 Å². The molecule has 0 heterocycles. The highest BCUT2D eigenvalue weighted by molar-refractivity contribution is 6.09. The Kier molecular flexibility index (Phi) is 1.76. The van der Waals surface area contributed by atoms with Crippen LogP contribution in [0.25, 0.3) is 0 Å². The van der Waals surface area contributed by atoms with E-state index in [1.165, 1.54) is 0 Å². The number of aryl methyl sites for hydroxylation is 1. The molecule has 2 rings (SSSR count). The second-order valence-corrected chi connectivity index (χ2v) is 3.47. The van der Waals surface area contributed by atoms with E-state index in [2.05, 4.69) is 0 Å². The zero-order valence-electron chi connectivity index (χ0n) is 7.41. The summed E-state index contributed by atoms with van der Waals surface area (Å²) < 4.78 is 0. The summed E-state index contributed by atoms with van der Waals surface area (Å²) >= 11 is 0. The molecule has 0 saturated heterocycles. The standard InChI is InChI=1S/C11H10O2/c1-7-2-3-8-5-9(6-12)11(13)10(8)4-7/h2-4,6,9H,5H2,1H3. The van der Waals surface area contributed by atoms with Crippen LogP contribution in [0.1, 0.15) is 21.5 Å². The fourth-order valence-electron chi connectivity index (χ4n) is 1.74. The lowest BCUT2D eigenvalue weighted by Crippen LogP contribution is -2.09. The molecule has 0 N–H and O–H groups in total. The van der Waals surface area contributed by atoms with E-state index < -0.39 is 5.92 Å². The van der Waals surface area contributed by atoms with Gasteiger partial charge in [0, 0.05) is 5.56 Å².